The largest absolute Gasteiger partial charge is 0.436 e. The van der Waals surface area contributed by atoms with Gasteiger partial charge < -0.3 is 29.5 Å². The van der Waals surface area contributed by atoms with Crippen molar-refractivity contribution in [3.8, 4) is 0 Å². The molecule has 0 atom stereocenters. The van der Waals surface area contributed by atoms with Crippen molar-refractivity contribution < 1.29 is 43.9 Å². The van der Waals surface area contributed by atoms with Crippen LogP contribution in [0, 0.1) is 0 Å². The lowest BCUT2D eigenvalue weighted by Gasteiger charge is -1.89. The van der Waals surface area contributed by atoms with E-state index in [1.807, 2.05) is 0 Å². The summed E-state index contributed by atoms with van der Waals surface area (Å²) in [6.45, 7) is 11.8. The lowest BCUT2D eigenvalue weighted by Crippen LogP contribution is -1.99. The van der Waals surface area contributed by atoms with Crippen LogP contribution in [0.3, 0.4) is 0 Å². The van der Waals surface area contributed by atoms with Crippen LogP contribution in [0.1, 0.15) is 20.3 Å². The predicted molar refractivity (Wildman–Crippen MR) is 86.1 cm³/mol. The van der Waals surface area contributed by atoms with Crippen LogP contribution in [-0.4, -0.2) is 53.6 Å². The molecule has 0 bridgehead atoms. The number of esters is 3. The highest BCUT2D eigenvalue weighted by molar-refractivity contribution is 5.81. The van der Waals surface area contributed by atoms with Crippen LogP contribution in [0.5, 0.6) is 0 Å². The fourth-order valence-electron chi connectivity index (χ4n) is 0.368. The minimum atomic E-state index is -0.609. The summed E-state index contributed by atoms with van der Waals surface area (Å²) in [6.07, 6.45) is 4.20. The molecule has 0 amide bonds. The molecule has 0 aromatic heterocycles. The van der Waals surface area contributed by atoms with Crippen molar-refractivity contribution in [1.29, 1.82) is 0 Å². The third-order valence-corrected chi connectivity index (χ3v) is 1.12. The lowest BCUT2D eigenvalue weighted by molar-refractivity contribution is -0.146. The number of carbonyl (C=O) groups excluding carboxylic acids is 3. The van der Waals surface area contributed by atoms with Gasteiger partial charge >= 0.3 is 17.9 Å². The quantitative estimate of drug-likeness (QED) is 0.269. The maximum atomic E-state index is 9.91. The van der Waals surface area contributed by atoms with Gasteiger partial charge in [-0.2, -0.15) is 0 Å². The summed E-state index contributed by atoms with van der Waals surface area (Å²) in [5.41, 5.74) is 0. The number of hydrogen-bond acceptors (Lipinski definition) is 9. The van der Waals surface area contributed by atoms with Gasteiger partial charge in [0, 0.05) is 18.2 Å². The normalized spacial score (nSPS) is 7.38. The Kier molecular flexibility index (Phi) is 35.2. The van der Waals surface area contributed by atoms with E-state index in [1.54, 1.807) is 0 Å². The van der Waals surface area contributed by atoms with Crippen molar-refractivity contribution in [1.82, 2.24) is 0 Å². The number of aliphatic hydroxyl groups excluding tert-OH is 3. The summed E-state index contributed by atoms with van der Waals surface area (Å²) in [5.74, 6) is -1.83. The van der Waals surface area contributed by atoms with Gasteiger partial charge in [-0.25, -0.2) is 14.4 Å². The van der Waals surface area contributed by atoms with Crippen molar-refractivity contribution in [2.75, 3.05) is 20.4 Å². The standard InChI is InChI=1S/3C4H6O3.C3H8/c3*1-2-4(6)7-3-5;1-3-2/h3*2,5H,1,3H2;3H2,1-2H3. The summed E-state index contributed by atoms with van der Waals surface area (Å²) >= 11 is 0. The third kappa shape index (κ3) is 42.7. The zero-order chi connectivity index (χ0) is 19.8. The molecule has 9 heteroatoms. The van der Waals surface area contributed by atoms with Gasteiger partial charge in [0.1, 0.15) is 0 Å². The molecule has 0 aromatic rings. The molecule has 0 heterocycles. The van der Waals surface area contributed by atoms with Crippen molar-refractivity contribution >= 4 is 17.9 Å². The highest BCUT2D eigenvalue weighted by atomic mass is 16.6. The molecular formula is C15H26O9. The van der Waals surface area contributed by atoms with Crippen molar-refractivity contribution in [2.24, 2.45) is 0 Å². The first-order valence-electron chi connectivity index (χ1n) is 6.54. The molecule has 0 saturated carbocycles. The zero-order valence-electron chi connectivity index (χ0n) is 14.0. The topological polar surface area (TPSA) is 140 Å². The smallest absolute Gasteiger partial charge is 0.332 e. The minimum absolute atomic E-state index is 0.579. The molecule has 0 aliphatic rings. The Labute approximate surface area is 141 Å². The van der Waals surface area contributed by atoms with E-state index in [9.17, 15) is 14.4 Å². The van der Waals surface area contributed by atoms with Gasteiger partial charge in [-0.3, -0.25) is 0 Å². The maximum Gasteiger partial charge on any atom is 0.332 e. The second-order valence-corrected chi connectivity index (χ2v) is 3.10. The van der Waals surface area contributed by atoms with Crippen LogP contribution in [0.25, 0.3) is 0 Å². The molecular weight excluding hydrogens is 324 g/mol. The SMILES string of the molecule is C=CC(=O)OCO.C=CC(=O)OCO.C=CC(=O)OCO.CCC. The number of aliphatic hydroxyl groups is 3. The predicted octanol–water partition coefficient (Wildman–Crippen LogP) is 0.412. The Balaban J connectivity index is -0.000000115. The number of rotatable bonds is 6. The first-order chi connectivity index (χ1) is 11.3. The fraction of sp³-hybridized carbons (Fsp3) is 0.400. The second-order valence-electron chi connectivity index (χ2n) is 3.10. The average Bonchev–Trinajstić information content (AvgIpc) is 2.57. The van der Waals surface area contributed by atoms with Crippen LogP contribution in [-0.2, 0) is 28.6 Å². The third-order valence-electron chi connectivity index (χ3n) is 1.12. The van der Waals surface area contributed by atoms with E-state index >= 15 is 0 Å². The molecule has 0 aromatic carbocycles. The van der Waals surface area contributed by atoms with Gasteiger partial charge in [0.15, 0.2) is 20.4 Å². The van der Waals surface area contributed by atoms with Gasteiger partial charge in [-0.1, -0.05) is 40.0 Å². The summed E-state index contributed by atoms with van der Waals surface area (Å²) in [6, 6.07) is 0. The lowest BCUT2D eigenvalue weighted by atomic mass is 10.6. The average molecular weight is 350 g/mol. The Morgan fingerprint density at radius 2 is 0.875 bits per heavy atom. The van der Waals surface area contributed by atoms with Gasteiger partial charge in [-0.05, 0) is 0 Å². The van der Waals surface area contributed by atoms with Crippen molar-refractivity contribution in [3.63, 3.8) is 0 Å². The summed E-state index contributed by atoms with van der Waals surface area (Å²) < 4.78 is 12.0. The minimum Gasteiger partial charge on any atom is -0.436 e. The van der Waals surface area contributed by atoms with E-state index in [1.165, 1.54) is 6.42 Å². The molecule has 0 fully saturated rings. The molecule has 0 aliphatic carbocycles. The number of ether oxygens (including phenoxy) is 3. The molecule has 0 unspecified atom stereocenters. The second kappa shape index (κ2) is 28.6. The van der Waals surface area contributed by atoms with Crippen LogP contribution >= 0.6 is 0 Å². The molecule has 9 nitrogen and oxygen atoms in total. The van der Waals surface area contributed by atoms with Crippen LogP contribution in [0.2, 0.25) is 0 Å². The number of carbonyl (C=O) groups is 3. The summed E-state index contributed by atoms with van der Waals surface area (Å²) in [7, 11) is 0. The Morgan fingerprint density at radius 1 is 0.708 bits per heavy atom. The highest BCUT2D eigenvalue weighted by Crippen LogP contribution is 1.73. The van der Waals surface area contributed by atoms with E-state index in [0.717, 1.165) is 18.2 Å². The van der Waals surface area contributed by atoms with E-state index in [2.05, 4.69) is 47.8 Å². The first kappa shape index (κ1) is 29.5. The molecule has 0 radical (unpaired) electrons. The first-order valence-corrected chi connectivity index (χ1v) is 6.54. The van der Waals surface area contributed by atoms with Gasteiger partial charge in [-0.15, -0.1) is 0 Å². The summed E-state index contributed by atoms with van der Waals surface area (Å²) in [5, 5.41) is 23.6. The molecule has 3 N–H and O–H groups in total. The van der Waals surface area contributed by atoms with Gasteiger partial charge in [0.2, 0.25) is 0 Å². The van der Waals surface area contributed by atoms with Crippen molar-refractivity contribution in [3.05, 3.63) is 38.0 Å². The fourth-order valence-corrected chi connectivity index (χ4v) is 0.368. The zero-order valence-corrected chi connectivity index (χ0v) is 14.0. The molecule has 140 valence electrons. The Morgan fingerprint density at radius 3 is 0.917 bits per heavy atom. The van der Waals surface area contributed by atoms with E-state index in [4.69, 9.17) is 15.3 Å². The van der Waals surface area contributed by atoms with Crippen molar-refractivity contribution in [2.45, 2.75) is 20.3 Å². The van der Waals surface area contributed by atoms with E-state index in [0.29, 0.717) is 0 Å². The Bertz CT molecular complexity index is 299. The monoisotopic (exact) mass is 350 g/mol. The van der Waals surface area contributed by atoms with Crippen LogP contribution in [0.4, 0.5) is 0 Å². The molecule has 0 rings (SSSR count). The molecule has 24 heavy (non-hydrogen) atoms. The van der Waals surface area contributed by atoms with E-state index in [-0.39, 0.29) is 0 Å². The van der Waals surface area contributed by atoms with E-state index < -0.39 is 38.3 Å². The van der Waals surface area contributed by atoms with Gasteiger partial charge in [0.05, 0.1) is 0 Å². The highest BCUT2D eigenvalue weighted by Gasteiger charge is 1.88. The van der Waals surface area contributed by atoms with Crippen LogP contribution < -0.4 is 0 Å². The Hall–Kier alpha value is -2.49. The maximum absolute atomic E-state index is 9.91. The van der Waals surface area contributed by atoms with Gasteiger partial charge in [0.25, 0.3) is 0 Å². The van der Waals surface area contributed by atoms with Crippen LogP contribution in [0.15, 0.2) is 38.0 Å². The molecule has 0 aliphatic heterocycles. The molecule has 0 spiro atoms. The molecule has 0 saturated heterocycles. The number of hydrogen-bond donors (Lipinski definition) is 3. The summed E-state index contributed by atoms with van der Waals surface area (Å²) in [4.78, 5) is 29.7.